The second-order valence-electron chi connectivity index (χ2n) is 4.90. The smallest absolute Gasteiger partial charge is 0.312 e. The zero-order valence-corrected chi connectivity index (χ0v) is 11.7. The number of carbonyl (C=O) groups excluding carboxylic acids is 2. The molecule has 1 N–H and O–H groups in total. The van der Waals surface area contributed by atoms with Crippen LogP contribution < -0.4 is 5.32 Å². The fraction of sp³-hybridized carbons (Fsp3) is 0.846. The molecule has 2 amide bonds. The second kappa shape index (κ2) is 7.36. The van der Waals surface area contributed by atoms with Crippen LogP contribution in [0.1, 0.15) is 27.2 Å². The van der Waals surface area contributed by atoms with Crippen LogP contribution >= 0.6 is 0 Å². The zero-order chi connectivity index (χ0) is 13.5. The van der Waals surface area contributed by atoms with Gasteiger partial charge in [0.2, 0.25) is 0 Å². The maximum absolute atomic E-state index is 12.1. The van der Waals surface area contributed by atoms with E-state index in [-0.39, 0.29) is 11.8 Å². The van der Waals surface area contributed by atoms with Gasteiger partial charge in [-0.25, -0.2) is 0 Å². The first-order valence-electron chi connectivity index (χ1n) is 6.89. The summed E-state index contributed by atoms with van der Waals surface area (Å²) >= 11 is 0. The minimum absolute atomic E-state index is 0.346. The molecule has 1 aliphatic rings. The molecule has 0 aliphatic carbocycles. The van der Waals surface area contributed by atoms with Crippen LogP contribution in [-0.2, 0) is 9.59 Å². The highest BCUT2D eigenvalue weighted by Gasteiger charge is 2.27. The third-order valence-electron chi connectivity index (χ3n) is 3.49. The summed E-state index contributed by atoms with van der Waals surface area (Å²) < 4.78 is 0. The van der Waals surface area contributed by atoms with Gasteiger partial charge in [0.25, 0.3) is 0 Å². The van der Waals surface area contributed by atoms with Crippen LogP contribution in [0.4, 0.5) is 0 Å². The summed E-state index contributed by atoms with van der Waals surface area (Å²) in [6.45, 7) is 10.2. The highest BCUT2D eigenvalue weighted by atomic mass is 16.2. The average Bonchev–Trinajstić information content (AvgIpc) is 2.43. The summed E-state index contributed by atoms with van der Waals surface area (Å²) in [6.07, 6.45) is 1.02. The van der Waals surface area contributed by atoms with Crippen molar-refractivity contribution in [2.45, 2.75) is 27.2 Å². The number of hydrogen-bond donors (Lipinski definition) is 1. The average molecular weight is 255 g/mol. The molecular weight excluding hydrogens is 230 g/mol. The summed E-state index contributed by atoms with van der Waals surface area (Å²) in [5, 5.41) is 3.17. The largest absolute Gasteiger partial charge is 0.334 e. The molecule has 5 heteroatoms. The molecule has 1 atom stereocenters. The number of piperazine rings is 1. The van der Waals surface area contributed by atoms with Crippen molar-refractivity contribution in [3.05, 3.63) is 0 Å². The van der Waals surface area contributed by atoms with Gasteiger partial charge in [0.15, 0.2) is 0 Å². The molecule has 0 spiro atoms. The van der Waals surface area contributed by atoms with Gasteiger partial charge in [0.05, 0.1) is 0 Å². The summed E-state index contributed by atoms with van der Waals surface area (Å²) in [5.74, 6) is -0.258. The molecule has 1 fully saturated rings. The Labute approximate surface area is 110 Å². The van der Waals surface area contributed by atoms with Gasteiger partial charge in [0, 0.05) is 39.3 Å². The van der Waals surface area contributed by atoms with Crippen molar-refractivity contribution in [2.24, 2.45) is 5.92 Å². The number of amides is 2. The Morgan fingerprint density at radius 3 is 2.39 bits per heavy atom. The zero-order valence-electron chi connectivity index (χ0n) is 11.7. The van der Waals surface area contributed by atoms with E-state index in [9.17, 15) is 9.59 Å². The number of nitrogens with one attached hydrogen (secondary N) is 1. The van der Waals surface area contributed by atoms with E-state index in [4.69, 9.17) is 0 Å². The minimum Gasteiger partial charge on any atom is -0.334 e. The molecular formula is C13H25N3O2. The predicted octanol–water partition coefficient (Wildman–Crippen LogP) is 0.313. The van der Waals surface area contributed by atoms with Crippen LogP contribution in [0.15, 0.2) is 0 Å². The van der Waals surface area contributed by atoms with Crippen molar-refractivity contribution in [3.63, 3.8) is 0 Å². The normalized spacial score (nSPS) is 17.4. The van der Waals surface area contributed by atoms with E-state index in [1.165, 1.54) is 0 Å². The van der Waals surface area contributed by atoms with Crippen LogP contribution in [0.5, 0.6) is 0 Å². The van der Waals surface area contributed by atoms with Crippen molar-refractivity contribution >= 4 is 11.8 Å². The molecule has 1 heterocycles. The first kappa shape index (κ1) is 15.0. The molecule has 0 aromatic rings. The van der Waals surface area contributed by atoms with E-state index in [2.05, 4.69) is 19.2 Å². The number of nitrogens with zero attached hydrogens (tertiary/aromatic N) is 2. The van der Waals surface area contributed by atoms with Gasteiger partial charge in [-0.2, -0.15) is 0 Å². The number of rotatable bonds is 4. The van der Waals surface area contributed by atoms with E-state index in [1.807, 2.05) is 6.92 Å². The topological polar surface area (TPSA) is 52.7 Å². The predicted molar refractivity (Wildman–Crippen MR) is 71.2 cm³/mol. The molecule has 0 bridgehead atoms. The van der Waals surface area contributed by atoms with Gasteiger partial charge in [-0.15, -0.1) is 0 Å². The SMILES string of the molecule is CCC(C)CN(CC)C(=O)C(=O)N1CCNCC1. The van der Waals surface area contributed by atoms with E-state index in [1.54, 1.807) is 9.80 Å². The molecule has 0 aromatic carbocycles. The van der Waals surface area contributed by atoms with Gasteiger partial charge in [-0.3, -0.25) is 9.59 Å². The first-order chi connectivity index (χ1) is 8.60. The highest BCUT2D eigenvalue weighted by Crippen LogP contribution is 2.06. The van der Waals surface area contributed by atoms with Crippen molar-refractivity contribution in [1.82, 2.24) is 15.1 Å². The standard InChI is InChI=1S/C13H25N3O2/c1-4-11(3)10-15(5-2)12(17)13(18)16-8-6-14-7-9-16/h11,14H,4-10H2,1-3H3. The van der Waals surface area contributed by atoms with Crippen molar-refractivity contribution in [1.29, 1.82) is 0 Å². The Morgan fingerprint density at radius 2 is 1.89 bits per heavy atom. The molecule has 0 aromatic heterocycles. The van der Waals surface area contributed by atoms with E-state index in [0.717, 1.165) is 19.5 Å². The Bertz CT molecular complexity index is 288. The van der Waals surface area contributed by atoms with Crippen LogP contribution in [0, 0.1) is 5.92 Å². The molecule has 0 saturated carbocycles. The lowest BCUT2D eigenvalue weighted by molar-refractivity contribution is -0.152. The monoisotopic (exact) mass is 255 g/mol. The molecule has 0 radical (unpaired) electrons. The number of likely N-dealkylation sites (N-methyl/N-ethyl adjacent to an activating group) is 1. The van der Waals surface area contributed by atoms with Crippen LogP contribution in [0.2, 0.25) is 0 Å². The Balaban J connectivity index is 2.56. The summed E-state index contributed by atoms with van der Waals surface area (Å²) in [6, 6.07) is 0. The Morgan fingerprint density at radius 1 is 1.28 bits per heavy atom. The van der Waals surface area contributed by atoms with Crippen molar-refractivity contribution in [3.8, 4) is 0 Å². The van der Waals surface area contributed by atoms with E-state index < -0.39 is 0 Å². The van der Waals surface area contributed by atoms with Gasteiger partial charge < -0.3 is 15.1 Å². The van der Waals surface area contributed by atoms with E-state index in [0.29, 0.717) is 32.1 Å². The molecule has 104 valence electrons. The lowest BCUT2D eigenvalue weighted by Crippen LogP contribution is -2.52. The quantitative estimate of drug-likeness (QED) is 0.736. The minimum atomic E-state index is -0.347. The van der Waals surface area contributed by atoms with Gasteiger partial charge in [0.1, 0.15) is 0 Å². The maximum Gasteiger partial charge on any atom is 0.312 e. The highest BCUT2D eigenvalue weighted by molar-refractivity contribution is 6.34. The summed E-state index contributed by atoms with van der Waals surface area (Å²) in [7, 11) is 0. The number of carbonyl (C=O) groups is 2. The van der Waals surface area contributed by atoms with Gasteiger partial charge in [-0.1, -0.05) is 20.3 Å². The Kier molecular flexibility index (Phi) is 6.12. The van der Waals surface area contributed by atoms with Crippen LogP contribution in [0.3, 0.4) is 0 Å². The van der Waals surface area contributed by atoms with Gasteiger partial charge in [-0.05, 0) is 12.8 Å². The fourth-order valence-corrected chi connectivity index (χ4v) is 2.00. The lowest BCUT2D eigenvalue weighted by atomic mass is 10.1. The molecule has 1 unspecified atom stereocenters. The Hall–Kier alpha value is -1.10. The first-order valence-corrected chi connectivity index (χ1v) is 6.89. The molecule has 18 heavy (non-hydrogen) atoms. The van der Waals surface area contributed by atoms with Crippen LogP contribution in [0.25, 0.3) is 0 Å². The number of hydrogen-bond acceptors (Lipinski definition) is 3. The van der Waals surface area contributed by atoms with Crippen molar-refractivity contribution in [2.75, 3.05) is 39.3 Å². The maximum atomic E-state index is 12.1. The third-order valence-corrected chi connectivity index (χ3v) is 3.49. The molecule has 1 rings (SSSR count). The molecule has 1 aliphatic heterocycles. The van der Waals surface area contributed by atoms with Crippen LogP contribution in [-0.4, -0.2) is 60.9 Å². The second-order valence-corrected chi connectivity index (χ2v) is 4.90. The van der Waals surface area contributed by atoms with E-state index >= 15 is 0 Å². The molecule has 5 nitrogen and oxygen atoms in total. The van der Waals surface area contributed by atoms with Gasteiger partial charge >= 0.3 is 11.8 Å². The van der Waals surface area contributed by atoms with Crippen molar-refractivity contribution < 1.29 is 9.59 Å². The third kappa shape index (κ3) is 3.98. The lowest BCUT2D eigenvalue weighted by Gasteiger charge is -2.30. The fourth-order valence-electron chi connectivity index (χ4n) is 2.00. The summed E-state index contributed by atoms with van der Waals surface area (Å²) in [4.78, 5) is 27.5. The molecule has 1 saturated heterocycles. The summed E-state index contributed by atoms with van der Waals surface area (Å²) in [5.41, 5.74) is 0.